The lowest BCUT2D eigenvalue weighted by atomic mass is 10.1. The molecule has 0 unspecified atom stereocenters. The maximum atomic E-state index is 5.86. The third kappa shape index (κ3) is 1.28. The van der Waals surface area contributed by atoms with Crippen LogP contribution in [-0.4, -0.2) is 0 Å². The van der Waals surface area contributed by atoms with Crippen molar-refractivity contribution >= 4 is 44.5 Å². The fraction of sp³-hybridized carbons (Fsp3) is 0.0769. The van der Waals surface area contributed by atoms with Crippen molar-refractivity contribution in [2.75, 3.05) is 0 Å². The first-order chi connectivity index (χ1) is 7.27. The first-order valence-electron chi connectivity index (χ1n) is 4.84. The minimum absolute atomic E-state index is 0.978. The zero-order valence-corrected chi connectivity index (χ0v) is 10.4. The second-order valence-electron chi connectivity index (χ2n) is 3.67. The third-order valence-corrected chi connectivity index (χ3v) is 3.57. The quantitative estimate of drug-likeness (QED) is 0.557. The van der Waals surface area contributed by atoms with Crippen molar-refractivity contribution in [1.82, 2.24) is 0 Å². The average Bonchev–Trinajstić information content (AvgIpc) is 2.59. The number of benzene rings is 2. The minimum Gasteiger partial charge on any atom is -0.456 e. The van der Waals surface area contributed by atoms with Gasteiger partial charge in [0.25, 0.3) is 0 Å². The SMILES string of the molecule is Cc1cccc2c1oc1cccc(I)c12. The number of para-hydroxylation sites is 1. The smallest absolute Gasteiger partial charge is 0.138 e. The second-order valence-corrected chi connectivity index (χ2v) is 4.83. The van der Waals surface area contributed by atoms with E-state index in [1.807, 2.05) is 12.1 Å². The molecule has 0 amide bonds. The van der Waals surface area contributed by atoms with Gasteiger partial charge in [0.05, 0.1) is 0 Å². The molecule has 0 radical (unpaired) electrons. The predicted molar refractivity (Wildman–Crippen MR) is 71.2 cm³/mol. The molecule has 2 aromatic carbocycles. The van der Waals surface area contributed by atoms with E-state index in [0.29, 0.717) is 0 Å². The van der Waals surface area contributed by atoms with Crippen LogP contribution < -0.4 is 0 Å². The summed E-state index contributed by atoms with van der Waals surface area (Å²) in [6.07, 6.45) is 0. The molecule has 0 fully saturated rings. The molecular formula is C13H9IO. The fourth-order valence-corrected chi connectivity index (χ4v) is 2.71. The van der Waals surface area contributed by atoms with E-state index in [9.17, 15) is 0 Å². The Morgan fingerprint density at radius 3 is 2.73 bits per heavy atom. The van der Waals surface area contributed by atoms with Crippen LogP contribution in [0, 0.1) is 10.5 Å². The van der Waals surface area contributed by atoms with E-state index < -0.39 is 0 Å². The number of halogens is 1. The largest absolute Gasteiger partial charge is 0.456 e. The molecule has 0 aliphatic carbocycles. The van der Waals surface area contributed by atoms with Gasteiger partial charge in [0, 0.05) is 14.3 Å². The number of fused-ring (bicyclic) bond motifs is 3. The van der Waals surface area contributed by atoms with Gasteiger partial charge in [-0.25, -0.2) is 0 Å². The van der Waals surface area contributed by atoms with Crippen LogP contribution in [0.15, 0.2) is 40.8 Å². The summed E-state index contributed by atoms with van der Waals surface area (Å²) in [5, 5.41) is 2.45. The van der Waals surface area contributed by atoms with Crippen LogP contribution in [0.5, 0.6) is 0 Å². The van der Waals surface area contributed by atoms with Gasteiger partial charge in [-0.05, 0) is 47.2 Å². The lowest BCUT2D eigenvalue weighted by molar-refractivity contribution is 0.665. The van der Waals surface area contributed by atoms with Crippen LogP contribution in [0.2, 0.25) is 0 Å². The normalized spacial score (nSPS) is 11.3. The van der Waals surface area contributed by atoms with Crippen molar-refractivity contribution in [3.05, 3.63) is 45.5 Å². The molecule has 1 nitrogen and oxygen atoms in total. The number of hydrogen-bond donors (Lipinski definition) is 0. The van der Waals surface area contributed by atoms with Crippen LogP contribution in [0.25, 0.3) is 21.9 Å². The van der Waals surface area contributed by atoms with Crippen LogP contribution >= 0.6 is 22.6 Å². The molecule has 3 aromatic rings. The van der Waals surface area contributed by atoms with Gasteiger partial charge in [-0.3, -0.25) is 0 Å². The van der Waals surface area contributed by atoms with Gasteiger partial charge in [0.1, 0.15) is 11.2 Å². The summed E-state index contributed by atoms with van der Waals surface area (Å²) in [6.45, 7) is 2.08. The standard InChI is InChI=1S/C13H9IO/c1-8-4-2-5-9-12-10(14)6-3-7-11(12)15-13(8)9/h2-7H,1H3. The highest BCUT2D eigenvalue weighted by Crippen LogP contribution is 2.33. The Morgan fingerprint density at radius 2 is 1.87 bits per heavy atom. The summed E-state index contributed by atoms with van der Waals surface area (Å²) in [4.78, 5) is 0. The van der Waals surface area contributed by atoms with Gasteiger partial charge in [-0.2, -0.15) is 0 Å². The summed E-state index contributed by atoms with van der Waals surface area (Å²) in [6, 6.07) is 12.4. The highest BCUT2D eigenvalue weighted by atomic mass is 127. The molecule has 1 heterocycles. The zero-order valence-electron chi connectivity index (χ0n) is 8.25. The van der Waals surface area contributed by atoms with Crippen molar-refractivity contribution in [2.24, 2.45) is 0 Å². The van der Waals surface area contributed by atoms with Crippen molar-refractivity contribution in [1.29, 1.82) is 0 Å². The Hall–Kier alpha value is -1.03. The average molecular weight is 308 g/mol. The van der Waals surface area contributed by atoms with Crippen molar-refractivity contribution in [3.8, 4) is 0 Å². The van der Waals surface area contributed by atoms with Gasteiger partial charge < -0.3 is 4.42 Å². The lowest BCUT2D eigenvalue weighted by Gasteiger charge is -1.93. The molecule has 0 saturated carbocycles. The van der Waals surface area contributed by atoms with Crippen molar-refractivity contribution in [3.63, 3.8) is 0 Å². The first kappa shape index (κ1) is 9.21. The summed E-state index contributed by atoms with van der Waals surface area (Å²) in [5.74, 6) is 0. The van der Waals surface area contributed by atoms with E-state index in [1.165, 1.54) is 19.9 Å². The molecule has 0 bridgehead atoms. The van der Waals surface area contributed by atoms with Gasteiger partial charge in [-0.15, -0.1) is 0 Å². The fourth-order valence-electron chi connectivity index (χ4n) is 1.95. The monoisotopic (exact) mass is 308 g/mol. The van der Waals surface area contributed by atoms with Gasteiger partial charge in [-0.1, -0.05) is 24.3 Å². The zero-order chi connectivity index (χ0) is 10.4. The Balaban J connectivity index is 2.65. The highest BCUT2D eigenvalue weighted by molar-refractivity contribution is 14.1. The molecular weight excluding hydrogens is 299 g/mol. The van der Waals surface area contributed by atoms with Crippen molar-refractivity contribution in [2.45, 2.75) is 6.92 Å². The summed E-state index contributed by atoms with van der Waals surface area (Å²) >= 11 is 2.35. The lowest BCUT2D eigenvalue weighted by Crippen LogP contribution is -1.73. The van der Waals surface area contributed by atoms with Crippen molar-refractivity contribution < 1.29 is 4.42 Å². The summed E-state index contributed by atoms with van der Waals surface area (Å²) < 4.78 is 7.10. The van der Waals surface area contributed by atoms with Crippen LogP contribution in [0.4, 0.5) is 0 Å². The second kappa shape index (κ2) is 3.23. The number of aryl methyl sites for hydroxylation is 1. The molecule has 0 saturated heterocycles. The van der Waals surface area contributed by atoms with Gasteiger partial charge in [0.15, 0.2) is 0 Å². The van der Waals surface area contributed by atoms with Gasteiger partial charge in [0.2, 0.25) is 0 Å². The summed E-state index contributed by atoms with van der Waals surface area (Å²) in [5.41, 5.74) is 3.18. The molecule has 0 N–H and O–H groups in total. The number of rotatable bonds is 0. The Bertz CT molecular complexity index is 652. The Kier molecular flexibility index (Phi) is 1.99. The molecule has 0 spiro atoms. The minimum atomic E-state index is 0.978. The van der Waals surface area contributed by atoms with Crippen LogP contribution in [-0.2, 0) is 0 Å². The maximum Gasteiger partial charge on any atom is 0.138 e. The molecule has 15 heavy (non-hydrogen) atoms. The van der Waals surface area contributed by atoms with E-state index in [1.54, 1.807) is 0 Å². The maximum absolute atomic E-state index is 5.86. The van der Waals surface area contributed by atoms with E-state index in [-0.39, 0.29) is 0 Å². The van der Waals surface area contributed by atoms with E-state index in [2.05, 4.69) is 53.8 Å². The summed E-state index contributed by atoms with van der Waals surface area (Å²) in [7, 11) is 0. The van der Waals surface area contributed by atoms with Crippen LogP contribution in [0.1, 0.15) is 5.56 Å². The Morgan fingerprint density at radius 1 is 1.07 bits per heavy atom. The molecule has 74 valence electrons. The number of hydrogen-bond acceptors (Lipinski definition) is 1. The van der Waals surface area contributed by atoms with Crippen LogP contribution in [0.3, 0.4) is 0 Å². The predicted octanol–water partition coefficient (Wildman–Crippen LogP) is 4.50. The molecule has 1 aromatic heterocycles. The molecule has 0 aliphatic rings. The highest BCUT2D eigenvalue weighted by Gasteiger charge is 2.10. The molecule has 0 atom stereocenters. The Labute approximate surface area is 101 Å². The number of furan rings is 1. The third-order valence-electron chi connectivity index (χ3n) is 2.67. The first-order valence-corrected chi connectivity index (χ1v) is 5.91. The van der Waals surface area contributed by atoms with Gasteiger partial charge >= 0.3 is 0 Å². The molecule has 3 rings (SSSR count). The molecule has 0 aliphatic heterocycles. The van der Waals surface area contributed by atoms with E-state index in [0.717, 1.165) is 11.2 Å². The van der Waals surface area contributed by atoms with E-state index >= 15 is 0 Å². The topological polar surface area (TPSA) is 13.1 Å². The van der Waals surface area contributed by atoms with E-state index in [4.69, 9.17) is 4.42 Å². The molecule has 2 heteroatoms.